The van der Waals surface area contributed by atoms with Crippen LogP contribution in [0.5, 0.6) is 0 Å². The van der Waals surface area contributed by atoms with Gasteiger partial charge in [0, 0.05) is 6.42 Å². The molecule has 0 aliphatic carbocycles. The first-order valence-corrected chi connectivity index (χ1v) is 5.48. The molecule has 3 heteroatoms. The minimum absolute atomic E-state index is 0.341. The number of nitrogens with one attached hydrogen (secondary N) is 1. The quantitative estimate of drug-likeness (QED) is 0.695. The van der Waals surface area contributed by atoms with Crippen LogP contribution in [0, 0.1) is 5.92 Å². The second kappa shape index (κ2) is 3.91. The molecule has 3 nitrogen and oxygen atoms in total. The molecule has 14 heavy (non-hydrogen) atoms. The zero-order chi connectivity index (χ0) is 10.0. The van der Waals surface area contributed by atoms with E-state index in [1.165, 1.54) is 0 Å². The molecule has 2 aliphatic rings. The lowest BCUT2D eigenvalue weighted by Gasteiger charge is -2.36. The SMILES string of the molecule is CC(O)(C1=CCCO1)C1CCNCC1. The summed E-state index contributed by atoms with van der Waals surface area (Å²) in [5.41, 5.74) is -0.751. The summed E-state index contributed by atoms with van der Waals surface area (Å²) in [7, 11) is 0. The van der Waals surface area contributed by atoms with Crippen LogP contribution in [-0.2, 0) is 4.74 Å². The van der Waals surface area contributed by atoms with Gasteiger partial charge in [-0.2, -0.15) is 0 Å². The Morgan fingerprint density at radius 2 is 2.21 bits per heavy atom. The first kappa shape index (κ1) is 9.99. The van der Waals surface area contributed by atoms with Crippen molar-refractivity contribution in [2.75, 3.05) is 19.7 Å². The van der Waals surface area contributed by atoms with Gasteiger partial charge < -0.3 is 15.2 Å². The highest BCUT2D eigenvalue weighted by molar-refractivity contribution is 5.14. The van der Waals surface area contributed by atoms with E-state index >= 15 is 0 Å². The normalized spacial score (nSPS) is 28.0. The summed E-state index contributed by atoms with van der Waals surface area (Å²) in [6.45, 7) is 4.64. The minimum Gasteiger partial charge on any atom is -0.495 e. The van der Waals surface area contributed by atoms with Crippen molar-refractivity contribution in [3.05, 3.63) is 11.8 Å². The molecular weight excluding hydrogens is 178 g/mol. The fraction of sp³-hybridized carbons (Fsp3) is 0.818. The van der Waals surface area contributed by atoms with E-state index in [1.807, 2.05) is 13.0 Å². The Bertz CT molecular complexity index is 229. The van der Waals surface area contributed by atoms with E-state index in [0.29, 0.717) is 5.92 Å². The molecule has 2 rings (SSSR count). The number of ether oxygens (including phenoxy) is 1. The average Bonchev–Trinajstić information content (AvgIpc) is 2.72. The smallest absolute Gasteiger partial charge is 0.124 e. The topological polar surface area (TPSA) is 41.5 Å². The Balaban J connectivity index is 2.05. The third-order valence-electron chi connectivity index (χ3n) is 3.34. The van der Waals surface area contributed by atoms with Crippen molar-refractivity contribution >= 4 is 0 Å². The summed E-state index contributed by atoms with van der Waals surface area (Å²) in [6.07, 6.45) is 5.04. The Morgan fingerprint density at radius 1 is 1.50 bits per heavy atom. The highest BCUT2D eigenvalue weighted by Crippen LogP contribution is 2.34. The molecule has 0 aromatic carbocycles. The van der Waals surface area contributed by atoms with Gasteiger partial charge in [0.1, 0.15) is 11.4 Å². The van der Waals surface area contributed by atoms with E-state index in [9.17, 15) is 5.11 Å². The van der Waals surface area contributed by atoms with Gasteiger partial charge in [-0.25, -0.2) is 0 Å². The molecule has 0 aromatic rings. The van der Waals surface area contributed by atoms with Crippen molar-refractivity contribution in [2.45, 2.75) is 31.8 Å². The van der Waals surface area contributed by atoms with Crippen molar-refractivity contribution < 1.29 is 9.84 Å². The van der Waals surface area contributed by atoms with Crippen LogP contribution in [0.4, 0.5) is 0 Å². The predicted molar refractivity (Wildman–Crippen MR) is 54.9 cm³/mol. The predicted octanol–water partition coefficient (Wildman–Crippen LogP) is 1.04. The Kier molecular flexibility index (Phi) is 2.79. The van der Waals surface area contributed by atoms with E-state index in [0.717, 1.165) is 44.7 Å². The van der Waals surface area contributed by atoms with Crippen molar-refractivity contribution in [3.8, 4) is 0 Å². The second-order valence-electron chi connectivity index (χ2n) is 4.38. The maximum absolute atomic E-state index is 10.4. The third kappa shape index (κ3) is 1.79. The van der Waals surface area contributed by atoms with E-state index in [1.54, 1.807) is 0 Å². The summed E-state index contributed by atoms with van der Waals surface area (Å²) >= 11 is 0. The largest absolute Gasteiger partial charge is 0.495 e. The van der Waals surface area contributed by atoms with E-state index in [2.05, 4.69) is 5.32 Å². The lowest BCUT2D eigenvalue weighted by atomic mass is 9.81. The molecule has 1 unspecified atom stereocenters. The monoisotopic (exact) mass is 197 g/mol. The summed E-state index contributed by atoms with van der Waals surface area (Å²) in [6, 6.07) is 0. The van der Waals surface area contributed by atoms with Crippen LogP contribution in [0.2, 0.25) is 0 Å². The molecule has 2 N–H and O–H groups in total. The fourth-order valence-electron chi connectivity index (χ4n) is 2.36. The average molecular weight is 197 g/mol. The Morgan fingerprint density at radius 3 is 2.79 bits per heavy atom. The number of piperidine rings is 1. The van der Waals surface area contributed by atoms with Crippen LogP contribution in [0.3, 0.4) is 0 Å². The van der Waals surface area contributed by atoms with Crippen molar-refractivity contribution in [3.63, 3.8) is 0 Å². The summed E-state index contributed by atoms with van der Waals surface area (Å²) < 4.78 is 5.46. The molecule has 2 heterocycles. The lowest BCUT2D eigenvalue weighted by molar-refractivity contribution is -0.0242. The van der Waals surface area contributed by atoms with Crippen LogP contribution < -0.4 is 5.32 Å². The molecule has 0 amide bonds. The maximum atomic E-state index is 10.4. The number of rotatable bonds is 2. The third-order valence-corrected chi connectivity index (χ3v) is 3.34. The van der Waals surface area contributed by atoms with Gasteiger partial charge in [-0.3, -0.25) is 0 Å². The molecule has 1 atom stereocenters. The first-order valence-electron chi connectivity index (χ1n) is 5.48. The fourth-order valence-corrected chi connectivity index (χ4v) is 2.36. The second-order valence-corrected chi connectivity index (χ2v) is 4.38. The summed E-state index contributed by atoms with van der Waals surface area (Å²) in [5, 5.41) is 13.7. The minimum atomic E-state index is -0.751. The molecule has 1 saturated heterocycles. The molecule has 0 aromatic heterocycles. The van der Waals surface area contributed by atoms with Gasteiger partial charge in [-0.1, -0.05) is 0 Å². The molecule has 2 aliphatic heterocycles. The van der Waals surface area contributed by atoms with Crippen molar-refractivity contribution in [1.82, 2.24) is 5.32 Å². The van der Waals surface area contributed by atoms with Gasteiger partial charge in [0.2, 0.25) is 0 Å². The first-order chi connectivity index (χ1) is 6.71. The van der Waals surface area contributed by atoms with Crippen LogP contribution >= 0.6 is 0 Å². The highest BCUT2D eigenvalue weighted by atomic mass is 16.5. The molecule has 1 fully saturated rings. The molecule has 0 spiro atoms. The summed E-state index contributed by atoms with van der Waals surface area (Å²) in [4.78, 5) is 0. The van der Waals surface area contributed by atoms with Crippen LogP contribution in [0.1, 0.15) is 26.2 Å². The standard InChI is InChI=1S/C11H19NO2/c1-11(13,10-3-2-8-14-10)9-4-6-12-7-5-9/h3,9,12-13H,2,4-8H2,1H3. The number of aliphatic hydroxyl groups is 1. The van der Waals surface area contributed by atoms with Gasteiger partial charge in [0.05, 0.1) is 6.61 Å². The molecule has 0 saturated carbocycles. The van der Waals surface area contributed by atoms with E-state index < -0.39 is 5.60 Å². The van der Waals surface area contributed by atoms with Gasteiger partial charge >= 0.3 is 0 Å². The Labute approximate surface area is 85.1 Å². The molecular formula is C11H19NO2. The highest BCUT2D eigenvalue weighted by Gasteiger charge is 2.38. The van der Waals surface area contributed by atoms with Gasteiger partial charge in [-0.15, -0.1) is 0 Å². The van der Waals surface area contributed by atoms with Crippen molar-refractivity contribution in [1.29, 1.82) is 0 Å². The van der Waals surface area contributed by atoms with Crippen LogP contribution in [0.25, 0.3) is 0 Å². The van der Waals surface area contributed by atoms with E-state index in [-0.39, 0.29) is 0 Å². The number of hydrogen-bond donors (Lipinski definition) is 2. The molecule has 0 bridgehead atoms. The Hall–Kier alpha value is -0.540. The molecule has 80 valence electrons. The summed E-state index contributed by atoms with van der Waals surface area (Å²) in [5.74, 6) is 1.14. The molecule has 0 radical (unpaired) electrons. The maximum Gasteiger partial charge on any atom is 0.124 e. The van der Waals surface area contributed by atoms with Gasteiger partial charge in [0.15, 0.2) is 0 Å². The lowest BCUT2D eigenvalue weighted by Crippen LogP contribution is -2.43. The van der Waals surface area contributed by atoms with Crippen LogP contribution in [0.15, 0.2) is 11.8 Å². The van der Waals surface area contributed by atoms with E-state index in [4.69, 9.17) is 4.74 Å². The zero-order valence-electron chi connectivity index (χ0n) is 8.75. The van der Waals surface area contributed by atoms with Crippen LogP contribution in [-0.4, -0.2) is 30.4 Å². The van der Waals surface area contributed by atoms with Gasteiger partial charge in [-0.05, 0) is 44.8 Å². The zero-order valence-corrected chi connectivity index (χ0v) is 8.75. The number of hydrogen-bond acceptors (Lipinski definition) is 3. The van der Waals surface area contributed by atoms with Crippen molar-refractivity contribution in [2.24, 2.45) is 5.92 Å². The van der Waals surface area contributed by atoms with Gasteiger partial charge in [0.25, 0.3) is 0 Å².